The van der Waals surface area contributed by atoms with E-state index in [1.165, 1.54) is 0 Å². The Kier molecular flexibility index (Phi) is 5.49. The van der Waals surface area contributed by atoms with Gasteiger partial charge in [0.2, 0.25) is 0 Å². The fraction of sp³-hybridized carbons (Fsp3) is 0.143. The molecule has 0 aromatic heterocycles. The van der Waals surface area contributed by atoms with Gasteiger partial charge in [0.05, 0.1) is 0 Å². The van der Waals surface area contributed by atoms with Crippen LogP contribution in [0.4, 0.5) is 0 Å². The van der Waals surface area contributed by atoms with Gasteiger partial charge in [-0.25, -0.2) is 3.97 Å². The van der Waals surface area contributed by atoms with E-state index in [0.717, 1.165) is 17.6 Å². The highest BCUT2D eigenvalue weighted by Crippen LogP contribution is 2.34. The second-order valence-corrected chi connectivity index (χ2v) is 4.79. The van der Waals surface area contributed by atoms with Gasteiger partial charge >= 0.3 is 8.60 Å². The minimum atomic E-state index is -2.32. The second-order valence-electron chi connectivity index (χ2n) is 2.33. The molecule has 1 aromatic rings. The first-order valence-electron chi connectivity index (χ1n) is 3.51. The molecule has 0 unspecified atom stereocenters. The zero-order valence-electron chi connectivity index (χ0n) is 6.85. The van der Waals surface area contributed by atoms with Gasteiger partial charge in [0.25, 0.3) is 0 Å². The lowest BCUT2D eigenvalue weighted by Crippen LogP contribution is -1.83. The predicted octanol–water partition coefficient (Wildman–Crippen LogP) is 3.37. The highest BCUT2D eigenvalue weighted by molar-refractivity contribution is 7.96. The molecule has 0 saturated carbocycles. The van der Waals surface area contributed by atoms with E-state index in [1.54, 1.807) is 18.2 Å². The van der Waals surface area contributed by atoms with E-state index in [2.05, 4.69) is 3.97 Å². The smallest absolute Gasteiger partial charge is 0.328 e. The molecule has 3 nitrogen and oxygen atoms in total. The highest BCUT2D eigenvalue weighted by Gasteiger charge is 2.04. The van der Waals surface area contributed by atoms with Gasteiger partial charge in [-0.1, -0.05) is 29.3 Å². The third-order valence-corrected chi connectivity index (χ3v) is 3.32. The summed E-state index contributed by atoms with van der Waals surface area (Å²) in [6, 6.07) is 5.10. The van der Waals surface area contributed by atoms with Crippen LogP contribution in [0.25, 0.3) is 0 Å². The van der Waals surface area contributed by atoms with Gasteiger partial charge in [-0.3, -0.25) is 0 Å². The molecule has 0 spiro atoms. The number of halogens is 2. The lowest BCUT2D eigenvalue weighted by molar-refractivity contribution is 0.397. The molecule has 0 bridgehead atoms. The molecular weight excluding hydrogens is 266 g/mol. The van der Waals surface area contributed by atoms with Crippen LogP contribution in [-0.4, -0.2) is 9.79 Å². The summed E-state index contributed by atoms with van der Waals surface area (Å²) in [5.74, 6) is 0.440. The van der Waals surface area contributed by atoms with Crippen molar-refractivity contribution in [3.8, 4) is 0 Å². The Balaban J connectivity index is 2.51. The van der Waals surface area contributed by atoms with E-state index in [4.69, 9.17) is 33.0 Å². The third kappa shape index (κ3) is 4.32. The number of hydrogen-bond donors (Lipinski definition) is 2. The first kappa shape index (κ1) is 12.5. The zero-order chi connectivity index (χ0) is 10.6. The summed E-state index contributed by atoms with van der Waals surface area (Å²) in [5, 5.41) is 1.10. The molecule has 1 rings (SSSR count). The van der Waals surface area contributed by atoms with E-state index >= 15 is 0 Å². The molecule has 1 aromatic carbocycles. The Morgan fingerprint density at radius 1 is 1.36 bits per heavy atom. The van der Waals surface area contributed by atoms with E-state index in [1.807, 2.05) is 0 Å². The van der Waals surface area contributed by atoms with Crippen LogP contribution in [0.2, 0.25) is 10.0 Å². The highest BCUT2D eigenvalue weighted by atomic mass is 35.5. The first-order chi connectivity index (χ1) is 6.59. The quantitative estimate of drug-likeness (QED) is 0.652. The molecule has 0 saturated heterocycles. The molecule has 14 heavy (non-hydrogen) atoms. The van der Waals surface area contributed by atoms with Crippen molar-refractivity contribution >= 4 is 43.8 Å². The van der Waals surface area contributed by atoms with E-state index in [9.17, 15) is 0 Å². The van der Waals surface area contributed by atoms with Crippen LogP contribution in [0.15, 0.2) is 18.2 Å². The Labute approximate surface area is 97.2 Å². The van der Waals surface area contributed by atoms with Crippen molar-refractivity contribution in [3.05, 3.63) is 33.8 Å². The van der Waals surface area contributed by atoms with Gasteiger partial charge in [-0.15, -0.1) is 0 Å². The van der Waals surface area contributed by atoms with Crippen LogP contribution in [-0.2, 0) is 9.72 Å². The van der Waals surface area contributed by atoms with Crippen LogP contribution >= 0.6 is 43.8 Å². The third-order valence-electron chi connectivity index (χ3n) is 1.35. The number of rotatable bonds is 4. The van der Waals surface area contributed by atoms with Crippen LogP contribution in [0, 0.1) is 0 Å². The summed E-state index contributed by atoms with van der Waals surface area (Å²) in [4.78, 5) is 16.9. The Hall–Kier alpha value is 0.460. The molecule has 0 aliphatic carbocycles. The minimum absolute atomic E-state index is 0.440. The zero-order valence-corrected chi connectivity index (χ0v) is 10.1. The SMILES string of the molecule is OP(O)OSCc1ccc(Cl)cc1Cl. The number of hydrogen-bond acceptors (Lipinski definition) is 4. The monoisotopic (exact) mass is 272 g/mol. The van der Waals surface area contributed by atoms with Crippen LogP contribution < -0.4 is 0 Å². The van der Waals surface area contributed by atoms with E-state index < -0.39 is 8.60 Å². The van der Waals surface area contributed by atoms with Crippen molar-refractivity contribution < 1.29 is 13.8 Å². The number of benzene rings is 1. The largest absolute Gasteiger partial charge is 0.339 e. The van der Waals surface area contributed by atoms with E-state index in [0.29, 0.717) is 15.8 Å². The van der Waals surface area contributed by atoms with Crippen molar-refractivity contribution in [3.63, 3.8) is 0 Å². The van der Waals surface area contributed by atoms with Crippen molar-refractivity contribution in [2.75, 3.05) is 0 Å². The molecule has 0 aliphatic heterocycles. The molecule has 78 valence electrons. The summed E-state index contributed by atoms with van der Waals surface area (Å²) < 4.78 is 4.53. The summed E-state index contributed by atoms with van der Waals surface area (Å²) in [6.45, 7) is 0. The maximum Gasteiger partial charge on any atom is 0.339 e. The van der Waals surface area contributed by atoms with Crippen molar-refractivity contribution in [1.82, 2.24) is 0 Å². The molecule has 7 heteroatoms. The van der Waals surface area contributed by atoms with Gasteiger partial charge < -0.3 is 9.79 Å². The summed E-state index contributed by atoms with van der Waals surface area (Å²) in [6.07, 6.45) is 0. The van der Waals surface area contributed by atoms with Gasteiger partial charge in [-0.2, -0.15) is 0 Å². The van der Waals surface area contributed by atoms with Gasteiger partial charge in [0.1, 0.15) is 0 Å². The van der Waals surface area contributed by atoms with Crippen LogP contribution in [0.3, 0.4) is 0 Å². The molecule has 0 radical (unpaired) electrons. The summed E-state index contributed by atoms with van der Waals surface area (Å²) in [5.41, 5.74) is 0.831. The van der Waals surface area contributed by atoms with Crippen LogP contribution in [0.5, 0.6) is 0 Å². The maximum atomic E-state index is 8.47. The van der Waals surface area contributed by atoms with Crippen molar-refractivity contribution in [2.45, 2.75) is 5.75 Å². The normalized spacial score (nSPS) is 10.9. The van der Waals surface area contributed by atoms with Crippen molar-refractivity contribution in [1.29, 1.82) is 0 Å². The molecular formula is C7H7Cl2O3PS. The first-order valence-corrected chi connectivity index (χ1v) is 6.34. The topological polar surface area (TPSA) is 49.7 Å². The molecule has 0 heterocycles. The van der Waals surface area contributed by atoms with Gasteiger partial charge in [-0.05, 0) is 17.7 Å². The van der Waals surface area contributed by atoms with E-state index in [-0.39, 0.29) is 0 Å². The average Bonchev–Trinajstić information content (AvgIpc) is 2.08. The Morgan fingerprint density at radius 3 is 2.64 bits per heavy atom. The van der Waals surface area contributed by atoms with Crippen molar-refractivity contribution in [2.24, 2.45) is 0 Å². The Bertz CT molecular complexity index is 311. The average molecular weight is 273 g/mol. The standard InChI is InChI=1S/C7H7Cl2O3PS/c8-6-2-1-5(7(9)3-6)4-14-12-13(10)11/h1-3,10-11H,4H2. The van der Waals surface area contributed by atoms with Crippen LogP contribution in [0.1, 0.15) is 5.56 Å². The Morgan fingerprint density at radius 2 is 2.07 bits per heavy atom. The van der Waals surface area contributed by atoms with Gasteiger partial charge in [0.15, 0.2) is 0 Å². The fourth-order valence-corrected chi connectivity index (χ4v) is 2.30. The fourth-order valence-electron chi connectivity index (χ4n) is 0.776. The molecule has 2 N–H and O–H groups in total. The lowest BCUT2D eigenvalue weighted by atomic mass is 10.2. The van der Waals surface area contributed by atoms with Gasteiger partial charge in [0, 0.05) is 27.8 Å². The minimum Gasteiger partial charge on any atom is -0.328 e. The summed E-state index contributed by atoms with van der Waals surface area (Å²) in [7, 11) is -2.32. The molecule has 0 amide bonds. The summed E-state index contributed by atoms with van der Waals surface area (Å²) >= 11 is 12.5. The predicted molar refractivity (Wildman–Crippen MR) is 60.2 cm³/mol. The molecule has 0 aliphatic rings. The maximum absolute atomic E-state index is 8.47. The lowest BCUT2D eigenvalue weighted by Gasteiger charge is -2.04. The second kappa shape index (κ2) is 6.13. The molecule has 0 atom stereocenters. The molecule has 0 fully saturated rings.